The number of anilines is 1. The SMILES string of the molecule is CON=C(C(=O)NC1C(=O)N2C(C(=O)O)=C(SCC3CCOC(C)(C)O3)CS[C@@H]12)c1csc(N)n1. The number of carbonyl (C=O) groups is 3. The number of aromatic nitrogens is 1. The lowest BCUT2D eigenvalue weighted by atomic mass is 10.0. The summed E-state index contributed by atoms with van der Waals surface area (Å²) in [5, 5.41) is 17.5. The smallest absolute Gasteiger partial charge is 0.353 e. The highest BCUT2D eigenvalue weighted by Crippen LogP contribution is 2.44. The molecule has 3 atom stereocenters. The Labute approximate surface area is 213 Å². The Morgan fingerprint density at radius 1 is 1.49 bits per heavy atom. The molecule has 15 heteroatoms. The van der Waals surface area contributed by atoms with Gasteiger partial charge in [0.15, 0.2) is 16.6 Å². The Kier molecular flexibility index (Phi) is 7.61. The second-order valence-corrected chi connectivity index (χ2v) is 11.3. The summed E-state index contributed by atoms with van der Waals surface area (Å²) in [7, 11) is 1.28. The van der Waals surface area contributed by atoms with Crippen molar-refractivity contribution in [2.75, 3.05) is 31.0 Å². The van der Waals surface area contributed by atoms with E-state index < -0.39 is 35.0 Å². The second-order valence-electron chi connectivity index (χ2n) is 8.22. The molecule has 1 aromatic heterocycles. The van der Waals surface area contributed by atoms with E-state index in [-0.39, 0.29) is 28.3 Å². The van der Waals surface area contributed by atoms with Crippen molar-refractivity contribution in [1.82, 2.24) is 15.2 Å². The van der Waals surface area contributed by atoms with E-state index >= 15 is 0 Å². The topological polar surface area (TPSA) is 166 Å². The standard InChI is InChI=1S/C20H25N5O7S3/c1-20(2)31-5-4-9(32-20)6-33-11-8-34-17-13(16(27)25(17)14(11)18(28)29)23-15(26)12(24-30-3)10-7-35-19(21)22-10/h7,9,13,17H,4-6,8H2,1-3H3,(H2,21,22)(H,23,26)(H,28,29)/t9?,13?,17-/m0/s1. The molecule has 2 fully saturated rings. The van der Waals surface area contributed by atoms with Crippen LogP contribution in [-0.2, 0) is 28.7 Å². The van der Waals surface area contributed by atoms with Crippen molar-refractivity contribution in [3.63, 3.8) is 0 Å². The number of hydrogen-bond acceptors (Lipinski definition) is 12. The van der Waals surface area contributed by atoms with Crippen molar-refractivity contribution in [1.29, 1.82) is 0 Å². The highest BCUT2D eigenvalue weighted by Gasteiger charge is 2.54. The molecule has 1 aromatic rings. The van der Waals surface area contributed by atoms with Gasteiger partial charge in [-0.15, -0.1) is 34.9 Å². The lowest BCUT2D eigenvalue weighted by molar-refractivity contribution is -0.267. The number of nitrogens with two attached hydrogens (primary N) is 1. The first kappa shape index (κ1) is 25.8. The van der Waals surface area contributed by atoms with Gasteiger partial charge in [0.2, 0.25) is 0 Å². The van der Waals surface area contributed by atoms with Crippen molar-refractivity contribution in [2.24, 2.45) is 5.16 Å². The van der Waals surface area contributed by atoms with E-state index in [9.17, 15) is 19.5 Å². The molecule has 2 unspecified atom stereocenters. The number of thiazole rings is 1. The molecule has 0 aromatic carbocycles. The highest BCUT2D eigenvalue weighted by molar-refractivity contribution is 8.06. The van der Waals surface area contributed by atoms with Gasteiger partial charge in [-0.25, -0.2) is 9.78 Å². The van der Waals surface area contributed by atoms with Gasteiger partial charge in [-0.2, -0.15) is 0 Å². The number of carboxylic acids is 1. The number of nitrogen functional groups attached to an aromatic ring is 1. The molecule has 2 amide bonds. The van der Waals surface area contributed by atoms with Crippen LogP contribution in [0, 0.1) is 0 Å². The van der Waals surface area contributed by atoms with Gasteiger partial charge < -0.3 is 30.5 Å². The Bertz CT molecular complexity index is 1090. The molecule has 4 heterocycles. The molecule has 0 spiro atoms. The summed E-state index contributed by atoms with van der Waals surface area (Å²) in [5.74, 6) is -2.13. The minimum absolute atomic E-state index is 0.0568. The van der Waals surface area contributed by atoms with Gasteiger partial charge in [-0.3, -0.25) is 14.5 Å². The van der Waals surface area contributed by atoms with Gasteiger partial charge >= 0.3 is 5.97 Å². The number of nitrogens with one attached hydrogen (secondary N) is 1. The molecule has 2 saturated heterocycles. The lowest BCUT2D eigenvalue weighted by Crippen LogP contribution is -2.71. The average molecular weight is 544 g/mol. The maximum atomic E-state index is 12.9. The first-order valence-electron chi connectivity index (χ1n) is 10.6. The number of rotatable bonds is 8. The Balaban J connectivity index is 1.45. The summed E-state index contributed by atoms with van der Waals surface area (Å²) in [4.78, 5) is 48.5. The van der Waals surface area contributed by atoms with Crippen LogP contribution in [-0.4, -0.2) is 87.0 Å². The molecule has 3 aliphatic rings. The van der Waals surface area contributed by atoms with E-state index in [2.05, 4.69) is 15.5 Å². The minimum atomic E-state index is -1.19. The average Bonchev–Trinajstić information content (AvgIpc) is 3.23. The van der Waals surface area contributed by atoms with E-state index in [1.807, 2.05) is 13.8 Å². The molecule has 0 aliphatic carbocycles. The minimum Gasteiger partial charge on any atom is -0.477 e. The van der Waals surface area contributed by atoms with Gasteiger partial charge in [-0.05, 0) is 20.3 Å². The number of hydrogen-bond donors (Lipinski definition) is 3. The molecular weight excluding hydrogens is 518 g/mol. The summed E-state index contributed by atoms with van der Waals surface area (Å²) in [6, 6.07) is -0.911. The monoisotopic (exact) mass is 543 g/mol. The molecule has 0 saturated carbocycles. The predicted molar refractivity (Wildman–Crippen MR) is 132 cm³/mol. The molecule has 0 bridgehead atoms. The van der Waals surface area contributed by atoms with Crippen LogP contribution in [0.4, 0.5) is 5.13 Å². The van der Waals surface area contributed by atoms with Crippen LogP contribution in [0.3, 0.4) is 0 Å². The molecule has 4 N–H and O–H groups in total. The van der Waals surface area contributed by atoms with Crippen LogP contribution in [0.5, 0.6) is 0 Å². The summed E-state index contributed by atoms with van der Waals surface area (Å²) in [6.07, 6.45) is 0.612. The number of thioether (sulfide) groups is 2. The van der Waals surface area contributed by atoms with Gasteiger partial charge in [0, 0.05) is 21.8 Å². The molecule has 12 nitrogen and oxygen atoms in total. The van der Waals surface area contributed by atoms with Crippen molar-refractivity contribution >= 4 is 63.5 Å². The Morgan fingerprint density at radius 3 is 2.89 bits per heavy atom. The number of amides is 2. The normalized spacial score (nSPS) is 26.1. The number of carbonyl (C=O) groups excluding carboxylic acids is 2. The summed E-state index contributed by atoms with van der Waals surface area (Å²) >= 11 is 3.89. The van der Waals surface area contributed by atoms with Crippen LogP contribution >= 0.6 is 34.9 Å². The van der Waals surface area contributed by atoms with E-state index in [1.54, 1.807) is 5.38 Å². The van der Waals surface area contributed by atoms with Crippen molar-refractivity contribution in [3.8, 4) is 0 Å². The summed E-state index contributed by atoms with van der Waals surface area (Å²) in [5.41, 5.74) is 5.68. The van der Waals surface area contributed by atoms with E-state index in [0.717, 1.165) is 11.3 Å². The quantitative estimate of drug-likeness (QED) is 0.244. The number of carboxylic acid groups (broad SMARTS) is 1. The zero-order valence-corrected chi connectivity index (χ0v) is 21.6. The molecule has 3 aliphatic heterocycles. The maximum Gasteiger partial charge on any atom is 0.353 e. The number of aliphatic carboxylic acids is 1. The Morgan fingerprint density at radius 2 is 2.26 bits per heavy atom. The van der Waals surface area contributed by atoms with Crippen molar-refractivity contribution in [2.45, 2.75) is 43.6 Å². The third-order valence-corrected chi connectivity index (χ3v) is 8.73. The third-order valence-electron chi connectivity index (χ3n) is 5.37. The number of nitrogens with zero attached hydrogens (tertiary/aromatic N) is 3. The van der Waals surface area contributed by atoms with Crippen LogP contribution < -0.4 is 11.1 Å². The summed E-state index contributed by atoms with van der Waals surface area (Å²) in [6.45, 7) is 4.24. The predicted octanol–water partition coefficient (Wildman–Crippen LogP) is 1.05. The van der Waals surface area contributed by atoms with Gasteiger partial charge in [0.25, 0.3) is 11.8 Å². The molecule has 35 heavy (non-hydrogen) atoms. The van der Waals surface area contributed by atoms with Gasteiger partial charge in [0.05, 0.1) is 12.7 Å². The fourth-order valence-electron chi connectivity index (χ4n) is 3.84. The van der Waals surface area contributed by atoms with Crippen LogP contribution in [0.1, 0.15) is 26.0 Å². The van der Waals surface area contributed by atoms with Gasteiger partial charge in [0.1, 0.15) is 29.9 Å². The maximum absolute atomic E-state index is 12.9. The fourth-order valence-corrected chi connectivity index (χ4v) is 7.07. The zero-order chi connectivity index (χ0) is 25.3. The molecule has 0 radical (unpaired) electrons. The van der Waals surface area contributed by atoms with Crippen LogP contribution in [0.2, 0.25) is 0 Å². The highest BCUT2D eigenvalue weighted by atomic mass is 32.2. The molecule has 190 valence electrons. The number of ether oxygens (including phenoxy) is 2. The van der Waals surface area contributed by atoms with Crippen LogP contribution in [0.15, 0.2) is 21.1 Å². The van der Waals surface area contributed by atoms with Crippen molar-refractivity contribution < 1.29 is 33.8 Å². The Hall–Kier alpha value is -2.33. The third kappa shape index (κ3) is 5.43. The number of β-lactam (4-membered cyclic amide) rings is 1. The fraction of sp³-hybridized carbons (Fsp3) is 0.550. The largest absolute Gasteiger partial charge is 0.477 e. The molecular formula is C20H25N5O7S3. The lowest BCUT2D eigenvalue weighted by Gasteiger charge is -2.49. The summed E-state index contributed by atoms with van der Waals surface area (Å²) < 4.78 is 11.5. The van der Waals surface area contributed by atoms with E-state index in [1.165, 1.54) is 35.5 Å². The zero-order valence-electron chi connectivity index (χ0n) is 19.2. The van der Waals surface area contributed by atoms with Crippen LogP contribution in [0.25, 0.3) is 0 Å². The molecule has 4 rings (SSSR count). The number of fused-ring (bicyclic) bond motifs is 1. The van der Waals surface area contributed by atoms with Crippen molar-refractivity contribution in [3.05, 3.63) is 21.7 Å². The van der Waals surface area contributed by atoms with E-state index in [4.69, 9.17) is 20.0 Å². The first-order valence-corrected chi connectivity index (χ1v) is 13.5. The number of oxime groups is 1. The second kappa shape index (κ2) is 10.3. The van der Waals surface area contributed by atoms with Gasteiger partial charge in [-0.1, -0.05) is 5.16 Å². The van der Waals surface area contributed by atoms with E-state index in [0.29, 0.717) is 29.4 Å². The first-order chi connectivity index (χ1) is 16.6.